The number of hydrogen-bond donors (Lipinski definition) is 0. The molecule has 0 radical (unpaired) electrons. The van der Waals surface area contributed by atoms with Crippen LogP contribution in [0.3, 0.4) is 0 Å². The van der Waals surface area contributed by atoms with E-state index < -0.39 is 5.60 Å². The number of fused-ring (bicyclic) bond motifs is 2. The van der Waals surface area contributed by atoms with Crippen molar-refractivity contribution in [2.75, 3.05) is 0 Å². The van der Waals surface area contributed by atoms with E-state index in [1.54, 1.807) is 0 Å². The fraction of sp³-hybridized carbons (Fsp3) is 0.905. The van der Waals surface area contributed by atoms with Crippen LogP contribution in [0.4, 0.5) is 4.79 Å². The van der Waals surface area contributed by atoms with Gasteiger partial charge in [-0.2, -0.15) is 0 Å². The Morgan fingerprint density at radius 3 is 2.08 bits per heavy atom. The van der Waals surface area contributed by atoms with Gasteiger partial charge in [-0.1, -0.05) is 32.1 Å². The number of carbonyl (C=O) groups is 2. The lowest BCUT2D eigenvalue weighted by atomic mass is 9.74. The molecular formula is C21H35NO3. The van der Waals surface area contributed by atoms with E-state index in [4.69, 9.17) is 4.74 Å². The highest BCUT2D eigenvalue weighted by Crippen LogP contribution is 2.39. The predicted octanol–water partition coefficient (Wildman–Crippen LogP) is 5.09. The minimum Gasteiger partial charge on any atom is -0.444 e. The van der Waals surface area contributed by atoms with Gasteiger partial charge in [0.2, 0.25) is 0 Å². The lowest BCUT2D eigenvalue weighted by Gasteiger charge is -2.48. The number of carbonyl (C=O) groups excluding carboxylic acids is 2. The largest absolute Gasteiger partial charge is 0.444 e. The molecule has 2 heterocycles. The average molecular weight is 350 g/mol. The molecule has 1 saturated carbocycles. The molecule has 2 atom stereocenters. The van der Waals surface area contributed by atoms with E-state index in [-0.39, 0.29) is 24.1 Å². The maximum atomic E-state index is 12.9. The quantitative estimate of drug-likeness (QED) is 0.712. The highest BCUT2D eigenvalue weighted by Gasteiger charge is 2.44. The molecule has 0 spiro atoms. The molecule has 3 aliphatic rings. The van der Waals surface area contributed by atoms with E-state index in [0.717, 1.165) is 38.5 Å². The van der Waals surface area contributed by atoms with Crippen molar-refractivity contribution in [2.24, 2.45) is 11.8 Å². The second-order valence-electron chi connectivity index (χ2n) is 9.47. The number of Topliss-reactive ketones (excluding diaryl/α,β-unsaturated/α-hetero) is 1. The van der Waals surface area contributed by atoms with Crippen LogP contribution in [0.1, 0.15) is 91.4 Å². The highest BCUT2D eigenvalue weighted by atomic mass is 16.6. The molecule has 4 heteroatoms. The third kappa shape index (κ3) is 4.77. The predicted molar refractivity (Wildman–Crippen MR) is 98.4 cm³/mol. The molecule has 2 bridgehead atoms. The number of piperidine rings is 2. The maximum Gasteiger partial charge on any atom is 0.410 e. The summed E-state index contributed by atoms with van der Waals surface area (Å²) in [5, 5.41) is 0. The monoisotopic (exact) mass is 349 g/mol. The first-order valence-electron chi connectivity index (χ1n) is 10.4. The van der Waals surface area contributed by atoms with Gasteiger partial charge in [0.15, 0.2) is 0 Å². The van der Waals surface area contributed by atoms with Crippen molar-refractivity contribution in [3.05, 3.63) is 0 Å². The molecule has 3 fully saturated rings. The van der Waals surface area contributed by atoms with Crippen LogP contribution in [0.25, 0.3) is 0 Å². The SMILES string of the molecule is CC(C)(C)OC(=O)N1C2CCCC1CC(C(=O)CC1CCCCC1)C2. The van der Waals surface area contributed by atoms with Gasteiger partial charge in [0.05, 0.1) is 0 Å². The summed E-state index contributed by atoms with van der Waals surface area (Å²) in [7, 11) is 0. The Balaban J connectivity index is 1.60. The second kappa shape index (κ2) is 7.67. The lowest BCUT2D eigenvalue weighted by molar-refractivity contribution is -0.128. The van der Waals surface area contributed by atoms with Crippen LogP contribution in [0.5, 0.6) is 0 Å². The summed E-state index contributed by atoms with van der Waals surface area (Å²) >= 11 is 0. The molecule has 1 aliphatic carbocycles. The minimum atomic E-state index is -0.459. The summed E-state index contributed by atoms with van der Waals surface area (Å²) in [6, 6.07) is 0.394. The van der Waals surface area contributed by atoms with Gasteiger partial charge in [-0.3, -0.25) is 4.79 Å². The molecule has 25 heavy (non-hydrogen) atoms. The molecule has 142 valence electrons. The first-order valence-corrected chi connectivity index (χ1v) is 10.4. The molecule has 2 unspecified atom stereocenters. The molecule has 0 aromatic heterocycles. The van der Waals surface area contributed by atoms with Crippen LogP contribution in [-0.2, 0) is 9.53 Å². The summed E-state index contributed by atoms with van der Waals surface area (Å²) in [6.45, 7) is 5.75. The first-order chi connectivity index (χ1) is 11.8. The Hall–Kier alpha value is -1.06. The van der Waals surface area contributed by atoms with E-state index in [0.29, 0.717) is 11.7 Å². The van der Waals surface area contributed by atoms with Crippen molar-refractivity contribution in [1.82, 2.24) is 4.90 Å². The van der Waals surface area contributed by atoms with Gasteiger partial charge >= 0.3 is 6.09 Å². The van der Waals surface area contributed by atoms with Gasteiger partial charge in [0, 0.05) is 24.4 Å². The third-order valence-electron chi connectivity index (χ3n) is 6.25. The van der Waals surface area contributed by atoms with Gasteiger partial charge in [-0.05, 0) is 58.8 Å². The molecule has 0 aromatic rings. The zero-order valence-electron chi connectivity index (χ0n) is 16.3. The van der Waals surface area contributed by atoms with Gasteiger partial charge in [-0.25, -0.2) is 4.79 Å². The van der Waals surface area contributed by atoms with E-state index in [1.165, 1.54) is 32.1 Å². The van der Waals surface area contributed by atoms with Crippen molar-refractivity contribution in [3.8, 4) is 0 Å². The number of amides is 1. The molecule has 0 aromatic carbocycles. The van der Waals surface area contributed by atoms with Crippen molar-refractivity contribution >= 4 is 11.9 Å². The van der Waals surface area contributed by atoms with Gasteiger partial charge < -0.3 is 9.64 Å². The Kier molecular flexibility index (Phi) is 5.75. The summed E-state index contributed by atoms with van der Waals surface area (Å²) in [5.74, 6) is 1.24. The van der Waals surface area contributed by atoms with Crippen molar-refractivity contribution in [1.29, 1.82) is 0 Å². The van der Waals surface area contributed by atoms with Crippen molar-refractivity contribution in [2.45, 2.75) is 109 Å². The van der Waals surface area contributed by atoms with Crippen LogP contribution >= 0.6 is 0 Å². The van der Waals surface area contributed by atoms with E-state index in [9.17, 15) is 9.59 Å². The van der Waals surface area contributed by atoms with Crippen LogP contribution in [0, 0.1) is 11.8 Å². The minimum absolute atomic E-state index is 0.163. The van der Waals surface area contributed by atoms with Gasteiger partial charge in [0.1, 0.15) is 11.4 Å². The van der Waals surface area contributed by atoms with Crippen molar-refractivity contribution < 1.29 is 14.3 Å². The van der Waals surface area contributed by atoms with Gasteiger partial charge in [0.25, 0.3) is 0 Å². The third-order valence-corrected chi connectivity index (χ3v) is 6.25. The second-order valence-corrected chi connectivity index (χ2v) is 9.47. The molecule has 3 rings (SSSR count). The normalized spacial score (nSPS) is 30.8. The van der Waals surface area contributed by atoms with Crippen LogP contribution in [0.15, 0.2) is 0 Å². The van der Waals surface area contributed by atoms with Crippen LogP contribution in [0.2, 0.25) is 0 Å². The fourth-order valence-electron chi connectivity index (χ4n) is 5.10. The van der Waals surface area contributed by atoms with E-state index in [2.05, 4.69) is 0 Å². The number of hydrogen-bond acceptors (Lipinski definition) is 3. The number of rotatable bonds is 3. The average Bonchev–Trinajstić information content (AvgIpc) is 2.52. The molecule has 1 amide bonds. The summed E-state index contributed by atoms with van der Waals surface area (Å²) < 4.78 is 5.63. The number of ketones is 1. The Morgan fingerprint density at radius 1 is 0.920 bits per heavy atom. The molecule has 2 saturated heterocycles. The van der Waals surface area contributed by atoms with E-state index >= 15 is 0 Å². The van der Waals surface area contributed by atoms with Gasteiger partial charge in [-0.15, -0.1) is 0 Å². The van der Waals surface area contributed by atoms with Crippen molar-refractivity contribution in [3.63, 3.8) is 0 Å². The molecule has 2 aliphatic heterocycles. The standard InChI is InChI=1S/C21H35NO3/c1-21(2,3)25-20(24)22-17-10-7-11-18(22)14-16(13-17)19(23)12-15-8-5-4-6-9-15/h15-18H,4-14H2,1-3H3. The number of ether oxygens (including phenoxy) is 1. The number of nitrogens with zero attached hydrogens (tertiary/aromatic N) is 1. The summed E-state index contributed by atoms with van der Waals surface area (Å²) in [6.07, 6.45) is 11.9. The topological polar surface area (TPSA) is 46.6 Å². The fourth-order valence-corrected chi connectivity index (χ4v) is 5.10. The van der Waals surface area contributed by atoms with Crippen LogP contribution in [-0.4, -0.2) is 34.5 Å². The molecular weight excluding hydrogens is 314 g/mol. The smallest absolute Gasteiger partial charge is 0.410 e. The zero-order valence-corrected chi connectivity index (χ0v) is 16.3. The molecule has 4 nitrogen and oxygen atoms in total. The maximum absolute atomic E-state index is 12.9. The lowest BCUT2D eigenvalue weighted by Crippen LogP contribution is -2.56. The first kappa shape index (κ1) is 18.7. The summed E-state index contributed by atoms with van der Waals surface area (Å²) in [5.41, 5.74) is -0.459. The van der Waals surface area contributed by atoms with Crippen LogP contribution < -0.4 is 0 Å². The highest BCUT2D eigenvalue weighted by molar-refractivity contribution is 5.82. The Labute approximate surface area is 152 Å². The molecule has 0 N–H and O–H groups in total. The Morgan fingerprint density at radius 2 is 1.52 bits per heavy atom. The zero-order chi connectivity index (χ0) is 18.0. The Bertz CT molecular complexity index is 476. The summed E-state index contributed by atoms with van der Waals surface area (Å²) in [4.78, 5) is 27.5. The van der Waals surface area contributed by atoms with E-state index in [1.807, 2.05) is 25.7 Å².